The van der Waals surface area contributed by atoms with Crippen LogP contribution >= 0.6 is 0 Å². The molecule has 0 saturated heterocycles. The molecule has 1 saturated carbocycles. The number of anilines is 1. The van der Waals surface area contributed by atoms with Crippen molar-refractivity contribution >= 4 is 21.9 Å². The summed E-state index contributed by atoms with van der Waals surface area (Å²) in [7, 11) is -2.08. The second kappa shape index (κ2) is 6.53. The van der Waals surface area contributed by atoms with Gasteiger partial charge in [0.15, 0.2) is 6.10 Å². The van der Waals surface area contributed by atoms with Gasteiger partial charge in [0, 0.05) is 19.7 Å². The number of carboxylic acid groups (broad SMARTS) is 1. The van der Waals surface area contributed by atoms with Gasteiger partial charge in [0.1, 0.15) is 5.75 Å². The summed E-state index contributed by atoms with van der Waals surface area (Å²) in [4.78, 5) is 10.8. The largest absolute Gasteiger partial charge is 0.479 e. The lowest BCUT2D eigenvalue weighted by Crippen LogP contribution is -2.34. The Labute approximate surface area is 130 Å². The van der Waals surface area contributed by atoms with Crippen molar-refractivity contribution in [2.75, 3.05) is 18.3 Å². The monoisotopic (exact) mass is 328 g/mol. The molecule has 0 aromatic heterocycles. The van der Waals surface area contributed by atoms with Gasteiger partial charge in [-0.2, -0.15) is 12.7 Å². The molecule has 8 heteroatoms. The molecule has 1 fully saturated rings. The first kappa shape index (κ1) is 16.6. The second-order valence-corrected chi connectivity index (χ2v) is 7.23. The molecule has 1 aliphatic rings. The average molecular weight is 328 g/mol. The minimum atomic E-state index is -3.62. The summed E-state index contributed by atoms with van der Waals surface area (Å²) in [5.74, 6) is -0.345. The van der Waals surface area contributed by atoms with Gasteiger partial charge in [0.2, 0.25) is 0 Å². The number of carbonyl (C=O) groups is 1. The van der Waals surface area contributed by atoms with Crippen molar-refractivity contribution in [2.24, 2.45) is 5.92 Å². The van der Waals surface area contributed by atoms with Gasteiger partial charge in [0.05, 0.1) is 5.69 Å². The van der Waals surface area contributed by atoms with E-state index in [-0.39, 0.29) is 0 Å². The van der Waals surface area contributed by atoms with Crippen molar-refractivity contribution in [1.82, 2.24) is 4.31 Å². The van der Waals surface area contributed by atoms with Crippen LogP contribution in [0.1, 0.15) is 19.8 Å². The highest BCUT2D eigenvalue weighted by Crippen LogP contribution is 2.30. The van der Waals surface area contributed by atoms with Crippen molar-refractivity contribution < 1.29 is 23.1 Å². The summed E-state index contributed by atoms with van der Waals surface area (Å²) in [5, 5.41) is 8.82. The molecule has 1 aromatic carbocycles. The fourth-order valence-corrected chi connectivity index (χ4v) is 2.86. The fraction of sp³-hybridized carbons (Fsp3) is 0.500. The zero-order valence-corrected chi connectivity index (χ0v) is 13.3. The highest BCUT2D eigenvalue weighted by atomic mass is 32.2. The minimum Gasteiger partial charge on any atom is -0.479 e. The average Bonchev–Trinajstić information content (AvgIpc) is 3.22. The molecular weight excluding hydrogens is 308 g/mol. The maximum absolute atomic E-state index is 12.2. The Morgan fingerprint density at radius 2 is 2.18 bits per heavy atom. The smallest absolute Gasteiger partial charge is 0.344 e. The predicted octanol–water partition coefficient (Wildman–Crippen LogP) is 1.54. The van der Waals surface area contributed by atoms with E-state index in [0.29, 0.717) is 23.9 Å². The molecule has 0 amide bonds. The maximum Gasteiger partial charge on any atom is 0.344 e. The van der Waals surface area contributed by atoms with Gasteiger partial charge in [0.25, 0.3) is 0 Å². The molecule has 1 aromatic rings. The summed E-state index contributed by atoms with van der Waals surface area (Å²) < 4.78 is 33.3. The topological polar surface area (TPSA) is 95.9 Å². The van der Waals surface area contributed by atoms with Crippen LogP contribution in [-0.2, 0) is 15.0 Å². The van der Waals surface area contributed by atoms with E-state index >= 15 is 0 Å². The van der Waals surface area contributed by atoms with Gasteiger partial charge in [-0.3, -0.25) is 4.72 Å². The van der Waals surface area contributed by atoms with E-state index in [0.717, 1.165) is 12.8 Å². The summed E-state index contributed by atoms with van der Waals surface area (Å²) in [5.41, 5.74) is 0.331. The van der Waals surface area contributed by atoms with Crippen LogP contribution in [0.2, 0.25) is 0 Å². The molecule has 2 N–H and O–H groups in total. The number of rotatable bonds is 8. The summed E-state index contributed by atoms with van der Waals surface area (Å²) in [6, 6.07) is 6.22. The predicted molar refractivity (Wildman–Crippen MR) is 82.1 cm³/mol. The Bertz CT molecular complexity index is 642. The zero-order valence-electron chi connectivity index (χ0n) is 12.5. The summed E-state index contributed by atoms with van der Waals surface area (Å²) in [6.45, 7) is 1.91. The van der Waals surface area contributed by atoms with E-state index in [1.165, 1.54) is 24.3 Å². The van der Waals surface area contributed by atoms with E-state index in [4.69, 9.17) is 9.84 Å². The third-order valence-corrected chi connectivity index (χ3v) is 4.83. The quantitative estimate of drug-likeness (QED) is 0.754. The fourth-order valence-electron chi connectivity index (χ4n) is 1.88. The molecule has 2 rings (SSSR count). The molecule has 22 heavy (non-hydrogen) atoms. The molecule has 0 heterocycles. The van der Waals surface area contributed by atoms with Crippen LogP contribution in [0.3, 0.4) is 0 Å². The molecule has 0 radical (unpaired) electrons. The molecule has 1 aliphatic carbocycles. The van der Waals surface area contributed by atoms with Crippen LogP contribution < -0.4 is 9.46 Å². The summed E-state index contributed by atoms with van der Waals surface area (Å²) >= 11 is 0. The van der Waals surface area contributed by atoms with Crippen LogP contribution in [0.15, 0.2) is 24.3 Å². The lowest BCUT2D eigenvalue weighted by atomic mass is 10.3. The van der Waals surface area contributed by atoms with Crippen LogP contribution in [0.5, 0.6) is 5.75 Å². The van der Waals surface area contributed by atoms with E-state index in [1.807, 2.05) is 0 Å². The highest BCUT2D eigenvalue weighted by Gasteiger charge is 2.28. The number of aliphatic carboxylic acids is 1. The number of nitrogens with zero attached hydrogens (tertiary/aromatic N) is 1. The van der Waals surface area contributed by atoms with E-state index in [2.05, 4.69) is 4.72 Å². The third-order valence-electron chi connectivity index (χ3n) is 3.36. The number of benzene rings is 1. The second-order valence-electron chi connectivity index (χ2n) is 5.46. The van der Waals surface area contributed by atoms with Crippen molar-refractivity contribution in [3.05, 3.63) is 24.3 Å². The van der Waals surface area contributed by atoms with Gasteiger partial charge >= 0.3 is 16.2 Å². The van der Waals surface area contributed by atoms with Crippen molar-refractivity contribution in [2.45, 2.75) is 25.9 Å². The van der Waals surface area contributed by atoms with Crippen LogP contribution in [0.4, 0.5) is 5.69 Å². The number of nitrogens with one attached hydrogen (secondary N) is 1. The molecule has 1 atom stereocenters. The van der Waals surface area contributed by atoms with Crippen molar-refractivity contribution in [1.29, 1.82) is 0 Å². The highest BCUT2D eigenvalue weighted by molar-refractivity contribution is 7.90. The van der Waals surface area contributed by atoms with Gasteiger partial charge in [-0.05, 0) is 37.8 Å². The molecule has 0 spiro atoms. The first-order valence-electron chi connectivity index (χ1n) is 7.01. The van der Waals surface area contributed by atoms with Crippen LogP contribution in [-0.4, -0.2) is 43.5 Å². The van der Waals surface area contributed by atoms with Crippen molar-refractivity contribution in [3.8, 4) is 5.75 Å². The van der Waals surface area contributed by atoms with Gasteiger partial charge in [-0.25, -0.2) is 4.79 Å². The summed E-state index contributed by atoms with van der Waals surface area (Å²) in [6.07, 6.45) is 1.12. The Balaban J connectivity index is 2.04. The lowest BCUT2D eigenvalue weighted by Gasteiger charge is -2.18. The molecule has 122 valence electrons. The number of hydrogen-bond acceptors (Lipinski definition) is 4. The van der Waals surface area contributed by atoms with Crippen molar-refractivity contribution in [3.63, 3.8) is 0 Å². The Morgan fingerprint density at radius 3 is 2.77 bits per heavy atom. The standard InChI is InChI=1S/C14H20N2O5S/c1-10(14(17)18)21-13-5-3-4-12(8-13)15-22(19,20)16(2)9-11-6-7-11/h3-5,8,10-11,15H,6-7,9H2,1-2H3,(H,17,18). The first-order chi connectivity index (χ1) is 10.3. The van der Waals surface area contributed by atoms with E-state index < -0.39 is 22.3 Å². The third kappa shape index (κ3) is 4.60. The Hall–Kier alpha value is -1.80. The number of ether oxygens (including phenoxy) is 1. The number of hydrogen-bond donors (Lipinski definition) is 2. The van der Waals surface area contributed by atoms with E-state index in [1.54, 1.807) is 18.2 Å². The molecule has 0 aliphatic heterocycles. The Morgan fingerprint density at radius 1 is 1.50 bits per heavy atom. The molecule has 7 nitrogen and oxygen atoms in total. The molecular formula is C14H20N2O5S. The Kier molecular flexibility index (Phi) is 4.92. The minimum absolute atomic E-state index is 0.292. The van der Waals surface area contributed by atoms with E-state index in [9.17, 15) is 13.2 Å². The lowest BCUT2D eigenvalue weighted by molar-refractivity contribution is -0.144. The zero-order chi connectivity index (χ0) is 16.3. The van der Waals surface area contributed by atoms with Gasteiger partial charge in [-0.15, -0.1) is 0 Å². The number of carboxylic acids is 1. The normalized spacial score (nSPS) is 16.3. The first-order valence-corrected chi connectivity index (χ1v) is 8.45. The molecule has 0 bridgehead atoms. The van der Waals surface area contributed by atoms with Gasteiger partial charge in [-0.1, -0.05) is 6.07 Å². The molecule has 1 unspecified atom stereocenters. The maximum atomic E-state index is 12.2. The van der Waals surface area contributed by atoms with Gasteiger partial charge < -0.3 is 9.84 Å². The van der Waals surface area contributed by atoms with Crippen LogP contribution in [0.25, 0.3) is 0 Å². The SMILES string of the molecule is CC(Oc1cccc(NS(=O)(=O)N(C)CC2CC2)c1)C(=O)O. The van der Waals surface area contributed by atoms with Crippen LogP contribution in [0, 0.1) is 5.92 Å².